The lowest BCUT2D eigenvalue weighted by atomic mass is 10.0. The van der Waals surface area contributed by atoms with Crippen molar-refractivity contribution in [2.24, 2.45) is 0 Å². The molecule has 3 saturated heterocycles. The minimum Gasteiger partial charge on any atom is -0.445 e. The van der Waals surface area contributed by atoms with Crippen molar-refractivity contribution >= 4 is 29.1 Å². The van der Waals surface area contributed by atoms with Gasteiger partial charge in [0.25, 0.3) is 0 Å². The van der Waals surface area contributed by atoms with Crippen LogP contribution in [-0.2, 0) is 12.5 Å². The van der Waals surface area contributed by atoms with Crippen LogP contribution in [0.2, 0.25) is 0 Å². The van der Waals surface area contributed by atoms with Crippen LogP contribution in [0.25, 0.3) is 0 Å². The van der Waals surface area contributed by atoms with Crippen LogP contribution in [0.15, 0.2) is 0 Å². The molecule has 0 spiro atoms. The van der Waals surface area contributed by atoms with Gasteiger partial charge in [0, 0.05) is 51.8 Å². The average Bonchev–Trinajstić information content (AvgIpc) is 3.43. The fourth-order valence-corrected chi connectivity index (χ4v) is 5.62. The summed E-state index contributed by atoms with van der Waals surface area (Å²) in [5.74, 6) is 0. The highest BCUT2D eigenvalue weighted by atomic mass is 127. The molecule has 3 aliphatic heterocycles. The molecule has 3 heterocycles. The number of hydrogen-bond acceptors (Lipinski definition) is 6. The first-order chi connectivity index (χ1) is 13.5. The minimum atomic E-state index is -0.142. The van der Waals surface area contributed by atoms with E-state index in [9.17, 15) is 4.79 Å². The molecule has 3 rings (SSSR count). The van der Waals surface area contributed by atoms with Crippen molar-refractivity contribution in [1.82, 2.24) is 14.7 Å². The van der Waals surface area contributed by atoms with Gasteiger partial charge in [-0.25, -0.2) is 4.79 Å². The van der Waals surface area contributed by atoms with Crippen LogP contribution in [0.4, 0.5) is 4.79 Å². The van der Waals surface area contributed by atoms with E-state index in [1.807, 2.05) is 27.9 Å². The molecule has 0 radical (unpaired) electrons. The summed E-state index contributed by atoms with van der Waals surface area (Å²) in [6, 6.07) is 0.796. The zero-order valence-corrected chi connectivity index (χ0v) is 19.7. The number of ether oxygens (including phenoxy) is 2. The van der Waals surface area contributed by atoms with E-state index in [0.29, 0.717) is 6.04 Å². The summed E-state index contributed by atoms with van der Waals surface area (Å²) >= 11 is 2.04. The van der Waals surface area contributed by atoms with Crippen molar-refractivity contribution in [2.45, 2.75) is 75.8 Å². The largest absolute Gasteiger partial charge is 0.445 e. The van der Waals surface area contributed by atoms with Crippen LogP contribution in [0.3, 0.4) is 0 Å². The first kappa shape index (κ1) is 22.5. The topological polar surface area (TPSA) is 54.5 Å². The van der Waals surface area contributed by atoms with Gasteiger partial charge in [-0.1, -0.05) is 0 Å². The Labute approximate surface area is 183 Å². The van der Waals surface area contributed by atoms with Gasteiger partial charge in [-0.2, -0.15) is 0 Å². The number of rotatable bonds is 8. The second-order valence-corrected chi connectivity index (χ2v) is 9.05. The Bertz CT molecular complexity index is 506. The molecule has 0 aliphatic carbocycles. The maximum absolute atomic E-state index is 12.3. The number of likely N-dealkylation sites (N-methyl/N-ethyl adjacent to an activating group) is 1. The number of halogens is 1. The lowest BCUT2D eigenvalue weighted by Crippen LogP contribution is -2.42. The molecule has 28 heavy (non-hydrogen) atoms. The normalized spacial score (nSPS) is 31.4. The van der Waals surface area contributed by atoms with E-state index in [-0.39, 0.29) is 30.4 Å². The van der Waals surface area contributed by atoms with Gasteiger partial charge in [-0.15, -0.1) is 0 Å². The second kappa shape index (κ2) is 10.7. The first-order valence-corrected chi connectivity index (χ1v) is 11.6. The molecule has 0 aromatic rings. The predicted molar refractivity (Wildman–Crippen MR) is 117 cm³/mol. The van der Waals surface area contributed by atoms with E-state index in [1.165, 1.54) is 12.8 Å². The monoisotopic (exact) mass is 509 g/mol. The minimum absolute atomic E-state index is 0.0369. The molecule has 0 saturated carbocycles. The van der Waals surface area contributed by atoms with Gasteiger partial charge < -0.3 is 17.4 Å². The van der Waals surface area contributed by atoms with E-state index >= 15 is 0 Å². The van der Waals surface area contributed by atoms with Crippen LogP contribution in [-0.4, -0.2) is 98.1 Å². The Kier molecular flexibility index (Phi) is 8.64. The van der Waals surface area contributed by atoms with E-state index in [4.69, 9.17) is 12.5 Å². The van der Waals surface area contributed by atoms with Crippen molar-refractivity contribution in [1.29, 1.82) is 0 Å². The van der Waals surface area contributed by atoms with Crippen molar-refractivity contribution < 1.29 is 17.3 Å². The van der Waals surface area contributed by atoms with Gasteiger partial charge in [-0.3, -0.25) is 9.80 Å². The van der Waals surface area contributed by atoms with E-state index < -0.39 is 0 Å². The second-order valence-electron chi connectivity index (χ2n) is 8.55. The summed E-state index contributed by atoms with van der Waals surface area (Å²) in [6.45, 7) is 6.78. The zero-order chi connectivity index (χ0) is 20.1. The summed E-state index contributed by atoms with van der Waals surface area (Å²) in [5.41, 5.74) is 0. The number of likely N-dealkylation sites (tertiary alicyclic amines) is 3. The molecule has 1 amide bonds. The number of methoxy groups -OCH3 is 1. The van der Waals surface area contributed by atoms with Crippen LogP contribution in [0, 0.1) is 0 Å². The smallest absolute Gasteiger partial charge is 0.410 e. The van der Waals surface area contributed by atoms with Crippen molar-refractivity contribution in [2.75, 3.05) is 46.9 Å². The number of carbonyl (C=O) groups excluding carboxylic acids is 1. The molecule has 162 valence electrons. The van der Waals surface area contributed by atoms with Crippen molar-refractivity contribution in [3.05, 3.63) is 0 Å². The number of carbonyl (C=O) groups is 1. The lowest BCUT2D eigenvalue weighted by Gasteiger charge is -2.32. The highest BCUT2D eigenvalue weighted by Gasteiger charge is 2.39. The van der Waals surface area contributed by atoms with Gasteiger partial charge in [0.05, 0.1) is 12.2 Å². The van der Waals surface area contributed by atoms with E-state index in [0.717, 1.165) is 58.4 Å². The molecule has 0 aromatic carbocycles. The molecule has 0 N–H and O–H groups in total. The molecular weight excluding hydrogens is 473 g/mol. The molecule has 5 atom stereocenters. The van der Waals surface area contributed by atoms with Crippen molar-refractivity contribution in [3.63, 3.8) is 0 Å². The fourth-order valence-electron chi connectivity index (χ4n) is 5.03. The SMILES string of the molecule is CO[C@H](C)[C@H]1CCCN1CC[C@H](OI)[C@@H]1CC(OC(=O)N2CCCC2)CN1C. The summed E-state index contributed by atoms with van der Waals surface area (Å²) in [5, 5.41) is 0. The first-order valence-electron chi connectivity index (χ1n) is 10.7. The van der Waals surface area contributed by atoms with Crippen LogP contribution < -0.4 is 0 Å². The van der Waals surface area contributed by atoms with Gasteiger partial charge in [-0.05, 0) is 52.6 Å². The molecule has 0 aromatic heterocycles. The van der Waals surface area contributed by atoms with Gasteiger partial charge >= 0.3 is 6.09 Å². The Morgan fingerprint density at radius 3 is 2.61 bits per heavy atom. The Hall–Kier alpha value is -0.160. The summed E-state index contributed by atoms with van der Waals surface area (Å²) in [6.07, 6.45) is 6.69. The Morgan fingerprint density at radius 1 is 1.18 bits per heavy atom. The maximum atomic E-state index is 12.3. The average molecular weight is 509 g/mol. The lowest BCUT2D eigenvalue weighted by molar-refractivity contribution is 0.0371. The maximum Gasteiger partial charge on any atom is 0.410 e. The van der Waals surface area contributed by atoms with Gasteiger partial charge in [0.15, 0.2) is 0 Å². The van der Waals surface area contributed by atoms with Gasteiger partial charge in [0.1, 0.15) is 29.1 Å². The van der Waals surface area contributed by atoms with Crippen LogP contribution in [0.5, 0.6) is 0 Å². The third-order valence-corrected chi connectivity index (χ3v) is 7.42. The summed E-state index contributed by atoms with van der Waals surface area (Å²) in [7, 11) is 3.91. The Morgan fingerprint density at radius 2 is 1.93 bits per heavy atom. The van der Waals surface area contributed by atoms with Crippen molar-refractivity contribution in [3.8, 4) is 0 Å². The Balaban J connectivity index is 1.48. The third kappa shape index (κ3) is 5.50. The molecule has 1 unspecified atom stereocenters. The third-order valence-electron chi connectivity index (χ3n) is 6.77. The number of amides is 1. The molecule has 3 fully saturated rings. The highest BCUT2D eigenvalue weighted by Crippen LogP contribution is 2.28. The molecule has 3 aliphatic rings. The molecule has 7 nitrogen and oxygen atoms in total. The number of nitrogens with zero attached hydrogens (tertiary/aromatic N) is 3. The summed E-state index contributed by atoms with van der Waals surface area (Å²) < 4.78 is 17.2. The van der Waals surface area contributed by atoms with Gasteiger partial charge in [0.2, 0.25) is 0 Å². The predicted octanol–water partition coefficient (Wildman–Crippen LogP) is 2.92. The molecular formula is C20H36IN3O4. The van der Waals surface area contributed by atoms with Crippen LogP contribution >= 0.6 is 23.0 Å². The zero-order valence-electron chi connectivity index (χ0n) is 17.5. The summed E-state index contributed by atoms with van der Waals surface area (Å²) in [4.78, 5) is 19.0. The molecule has 8 heteroatoms. The standard InChI is InChI=1S/C20H36IN3O4/c1-15(26-3)17-7-6-11-23(17)12-8-19(28-21)18-13-16(14-22(18)2)27-20(25)24-9-4-5-10-24/h15-19H,4-14H2,1-3H3/t15-,16?,17-,18+,19+/m1/s1. The van der Waals surface area contributed by atoms with Crippen LogP contribution in [0.1, 0.15) is 45.4 Å². The van der Waals surface area contributed by atoms with E-state index in [2.05, 4.69) is 23.8 Å². The molecule has 0 bridgehead atoms. The fraction of sp³-hybridized carbons (Fsp3) is 0.950. The quantitative estimate of drug-likeness (QED) is 0.470. The number of hydrogen-bond donors (Lipinski definition) is 0. The van der Waals surface area contributed by atoms with E-state index in [1.54, 1.807) is 7.11 Å². The highest BCUT2D eigenvalue weighted by molar-refractivity contribution is 14.1.